The number of benzene rings is 1. The summed E-state index contributed by atoms with van der Waals surface area (Å²) in [5.74, 6) is -1.23. The minimum absolute atomic E-state index is 0.00603. The largest absolute Gasteiger partial charge is 0.508 e. The Bertz CT molecular complexity index is 1290. The molecule has 0 spiro atoms. The molecule has 0 saturated carbocycles. The average molecular weight is 456 g/mol. The summed E-state index contributed by atoms with van der Waals surface area (Å²) in [6, 6.07) is 2.97. The normalized spacial score (nSPS) is 21.1. The lowest BCUT2D eigenvalue weighted by molar-refractivity contribution is -0.115. The highest BCUT2D eigenvalue weighted by molar-refractivity contribution is 7.96. The first-order valence-corrected chi connectivity index (χ1v) is 12.0. The molecular formula is C24H25NO6S. The maximum absolute atomic E-state index is 13.5. The minimum Gasteiger partial charge on any atom is -0.508 e. The quantitative estimate of drug-likeness (QED) is 0.533. The van der Waals surface area contributed by atoms with Crippen LogP contribution in [0.25, 0.3) is 5.57 Å². The van der Waals surface area contributed by atoms with Crippen molar-refractivity contribution in [3.05, 3.63) is 62.7 Å². The first-order chi connectivity index (χ1) is 15.0. The second kappa shape index (κ2) is 7.78. The molecule has 0 bridgehead atoms. The molecule has 0 radical (unpaired) electrons. The third kappa shape index (κ3) is 3.58. The van der Waals surface area contributed by atoms with Gasteiger partial charge in [0.1, 0.15) is 28.2 Å². The molecule has 2 N–H and O–H groups in total. The van der Waals surface area contributed by atoms with Crippen LogP contribution in [0.5, 0.6) is 11.5 Å². The second-order valence-electron chi connectivity index (χ2n) is 8.65. The van der Waals surface area contributed by atoms with Gasteiger partial charge < -0.3 is 15.2 Å². The van der Waals surface area contributed by atoms with Gasteiger partial charge in [-0.25, -0.2) is 8.42 Å². The summed E-state index contributed by atoms with van der Waals surface area (Å²) < 4.78 is 31.6. The van der Waals surface area contributed by atoms with E-state index in [1.165, 1.54) is 6.07 Å². The lowest BCUT2D eigenvalue weighted by atomic mass is 9.81. The van der Waals surface area contributed by atoms with E-state index in [0.717, 1.165) is 11.1 Å². The van der Waals surface area contributed by atoms with Gasteiger partial charge in [0.05, 0.1) is 11.3 Å². The molecule has 2 aliphatic heterocycles. The van der Waals surface area contributed by atoms with Crippen LogP contribution in [0.15, 0.2) is 51.6 Å². The van der Waals surface area contributed by atoms with Crippen molar-refractivity contribution in [1.82, 2.24) is 5.32 Å². The number of carbonyl (C=O) groups is 2. The van der Waals surface area contributed by atoms with Gasteiger partial charge in [-0.15, -0.1) is 0 Å². The summed E-state index contributed by atoms with van der Waals surface area (Å²) in [4.78, 5) is 26.5. The predicted octanol–water partition coefficient (Wildman–Crippen LogP) is 2.76. The molecule has 1 atom stereocenters. The van der Waals surface area contributed by atoms with E-state index in [9.17, 15) is 23.1 Å². The maximum atomic E-state index is 13.5. The average Bonchev–Trinajstić information content (AvgIpc) is 2.68. The summed E-state index contributed by atoms with van der Waals surface area (Å²) in [6.45, 7) is 7.62. The highest BCUT2D eigenvalue weighted by atomic mass is 32.2. The molecule has 1 aromatic rings. The Morgan fingerprint density at radius 2 is 1.88 bits per heavy atom. The van der Waals surface area contributed by atoms with E-state index in [0.29, 0.717) is 23.3 Å². The van der Waals surface area contributed by atoms with Crippen LogP contribution in [0.1, 0.15) is 38.8 Å². The summed E-state index contributed by atoms with van der Waals surface area (Å²) in [5.41, 5.74) is 2.77. The lowest BCUT2D eigenvalue weighted by Gasteiger charge is -2.35. The Labute approximate surface area is 187 Å². The number of carbonyl (C=O) groups excluding carboxylic acids is 2. The van der Waals surface area contributed by atoms with E-state index < -0.39 is 32.4 Å². The Hall–Kier alpha value is -3.13. The molecule has 0 fully saturated rings. The number of allylic oxidation sites excluding steroid dienone is 5. The number of nitrogens with one attached hydrogen (secondary N) is 1. The van der Waals surface area contributed by atoms with Crippen LogP contribution in [-0.4, -0.2) is 43.5 Å². The van der Waals surface area contributed by atoms with Gasteiger partial charge in [0.15, 0.2) is 9.84 Å². The molecule has 0 aromatic heterocycles. The number of sulfone groups is 1. The van der Waals surface area contributed by atoms with Crippen LogP contribution in [0, 0.1) is 0 Å². The number of phenolic OH excluding ortho intramolecular Hbond substituents is 1. The molecule has 2 heterocycles. The van der Waals surface area contributed by atoms with Gasteiger partial charge in [0.2, 0.25) is 11.6 Å². The van der Waals surface area contributed by atoms with Gasteiger partial charge in [-0.1, -0.05) is 17.2 Å². The van der Waals surface area contributed by atoms with Crippen molar-refractivity contribution in [1.29, 1.82) is 0 Å². The summed E-state index contributed by atoms with van der Waals surface area (Å²) in [5, 5.41) is 13.2. The van der Waals surface area contributed by atoms with Crippen molar-refractivity contribution < 1.29 is 27.9 Å². The van der Waals surface area contributed by atoms with E-state index in [2.05, 4.69) is 5.32 Å². The summed E-state index contributed by atoms with van der Waals surface area (Å²) >= 11 is 0. The SMILES string of the molecule is CC(C)=CCc1cc(O)cc2c1OC(C=C(C)C)C1=C2C(=O)C2=C(C1=O)S(=O)(=O)CCN2. The predicted molar refractivity (Wildman–Crippen MR) is 121 cm³/mol. The van der Waals surface area contributed by atoms with Crippen LogP contribution in [0.2, 0.25) is 0 Å². The number of hydrogen-bond acceptors (Lipinski definition) is 7. The maximum Gasteiger partial charge on any atom is 0.211 e. The number of Topliss-reactive ketones (excluding diaryl/α,β-unsaturated/α-hetero) is 2. The summed E-state index contributed by atoms with van der Waals surface area (Å²) in [6.07, 6.45) is 3.23. The zero-order valence-corrected chi connectivity index (χ0v) is 19.2. The van der Waals surface area contributed by atoms with Crippen molar-refractivity contribution in [3.63, 3.8) is 0 Å². The zero-order chi connectivity index (χ0) is 23.4. The first-order valence-electron chi connectivity index (χ1n) is 10.4. The standard InChI is InChI=1S/C24H25NO6S/c1-12(2)5-6-14-10-15(26)11-16-18-19(17(9-13(3)4)31-23(14)16)22(28)24-20(21(18)27)25-7-8-32(24,29)30/h5,9-11,17,25-26H,6-8H2,1-4H3. The van der Waals surface area contributed by atoms with E-state index in [4.69, 9.17) is 4.74 Å². The fourth-order valence-corrected chi connectivity index (χ4v) is 5.62. The number of ketones is 2. The smallest absolute Gasteiger partial charge is 0.211 e. The molecule has 1 unspecified atom stereocenters. The van der Waals surface area contributed by atoms with Crippen LogP contribution in [0.4, 0.5) is 0 Å². The van der Waals surface area contributed by atoms with Gasteiger partial charge in [-0.3, -0.25) is 9.59 Å². The molecule has 7 nitrogen and oxygen atoms in total. The fourth-order valence-electron chi connectivity index (χ4n) is 4.18. The number of phenols is 1. The highest BCUT2D eigenvalue weighted by Crippen LogP contribution is 2.46. The Morgan fingerprint density at radius 1 is 1.16 bits per heavy atom. The number of hydrogen-bond donors (Lipinski definition) is 2. The van der Waals surface area contributed by atoms with Crippen LogP contribution in [-0.2, 0) is 25.8 Å². The molecule has 168 valence electrons. The van der Waals surface area contributed by atoms with Crippen molar-refractivity contribution >= 4 is 27.0 Å². The third-order valence-corrected chi connectivity index (χ3v) is 7.30. The highest BCUT2D eigenvalue weighted by Gasteiger charge is 2.47. The van der Waals surface area contributed by atoms with Gasteiger partial charge in [-0.05, 0) is 52.3 Å². The first kappa shape index (κ1) is 22.1. The Balaban J connectivity index is 2.01. The van der Waals surface area contributed by atoms with Crippen LogP contribution < -0.4 is 10.1 Å². The van der Waals surface area contributed by atoms with Crippen molar-refractivity contribution in [2.24, 2.45) is 0 Å². The van der Waals surface area contributed by atoms with Gasteiger partial charge in [-0.2, -0.15) is 0 Å². The van der Waals surface area contributed by atoms with E-state index in [1.54, 1.807) is 12.1 Å². The number of rotatable bonds is 3. The van der Waals surface area contributed by atoms with Gasteiger partial charge in [0, 0.05) is 23.2 Å². The Kier molecular flexibility index (Phi) is 5.36. The van der Waals surface area contributed by atoms with Gasteiger partial charge >= 0.3 is 0 Å². The van der Waals surface area contributed by atoms with E-state index >= 15 is 0 Å². The number of aromatic hydroxyl groups is 1. The van der Waals surface area contributed by atoms with Crippen molar-refractivity contribution in [2.45, 2.75) is 40.2 Å². The molecule has 4 rings (SSSR count). The van der Waals surface area contributed by atoms with Crippen molar-refractivity contribution in [3.8, 4) is 11.5 Å². The summed E-state index contributed by atoms with van der Waals surface area (Å²) in [7, 11) is -3.90. The number of fused-ring (bicyclic) bond motifs is 2. The van der Waals surface area contributed by atoms with Gasteiger partial charge in [0.25, 0.3) is 0 Å². The topological polar surface area (TPSA) is 110 Å². The monoisotopic (exact) mass is 455 g/mol. The minimum atomic E-state index is -3.90. The van der Waals surface area contributed by atoms with Crippen LogP contribution in [0.3, 0.4) is 0 Å². The molecule has 1 aromatic carbocycles. The fraction of sp³-hybridized carbons (Fsp3) is 0.333. The molecule has 3 aliphatic rings. The molecule has 1 aliphatic carbocycles. The molecule has 0 amide bonds. The lowest BCUT2D eigenvalue weighted by Crippen LogP contribution is -2.44. The number of ether oxygens (including phenoxy) is 1. The van der Waals surface area contributed by atoms with E-state index in [-0.39, 0.29) is 34.9 Å². The molecular weight excluding hydrogens is 430 g/mol. The third-order valence-electron chi connectivity index (χ3n) is 5.55. The van der Waals surface area contributed by atoms with Crippen LogP contribution >= 0.6 is 0 Å². The molecule has 32 heavy (non-hydrogen) atoms. The Morgan fingerprint density at radius 3 is 2.53 bits per heavy atom. The van der Waals surface area contributed by atoms with E-state index in [1.807, 2.05) is 33.8 Å². The van der Waals surface area contributed by atoms with Crippen molar-refractivity contribution in [2.75, 3.05) is 12.3 Å². The second-order valence-corrected chi connectivity index (χ2v) is 10.7. The molecule has 0 saturated heterocycles. The zero-order valence-electron chi connectivity index (χ0n) is 18.4. The molecule has 8 heteroatoms.